The lowest BCUT2D eigenvalue weighted by Gasteiger charge is -2.58. The Morgan fingerprint density at radius 1 is 1.43 bits per heavy atom. The van der Waals surface area contributed by atoms with Crippen LogP contribution in [-0.2, 0) is 0 Å². The molecule has 1 aliphatic carbocycles. The predicted molar refractivity (Wildman–Crippen MR) is 89.5 cm³/mol. The molecule has 0 bridgehead atoms. The number of ether oxygens (including phenoxy) is 1. The number of hydrogen-bond donors (Lipinski definition) is 2. The van der Waals surface area contributed by atoms with Gasteiger partial charge < -0.3 is 15.2 Å². The molecule has 0 aromatic carbocycles. The number of aliphatic hydroxyl groups excluding tert-OH is 1. The Morgan fingerprint density at radius 3 is 2.87 bits per heavy atom. The van der Waals surface area contributed by atoms with E-state index in [0.29, 0.717) is 23.7 Å². The molecule has 2 N–H and O–H groups in total. The van der Waals surface area contributed by atoms with Gasteiger partial charge in [0, 0.05) is 24.1 Å². The first kappa shape index (κ1) is 16.5. The van der Waals surface area contributed by atoms with E-state index in [9.17, 15) is 5.11 Å². The van der Waals surface area contributed by atoms with Crippen LogP contribution in [0.5, 0.6) is 5.88 Å². The highest BCUT2D eigenvalue weighted by Crippen LogP contribution is 2.53. The van der Waals surface area contributed by atoms with E-state index in [2.05, 4.69) is 41.0 Å². The summed E-state index contributed by atoms with van der Waals surface area (Å²) in [4.78, 5) is 10.8. The fourth-order valence-electron chi connectivity index (χ4n) is 4.76. The van der Waals surface area contributed by atoms with E-state index in [0.717, 1.165) is 25.9 Å². The lowest BCUT2D eigenvalue weighted by atomic mass is 9.65. The summed E-state index contributed by atoms with van der Waals surface area (Å²) in [7, 11) is 1.59. The van der Waals surface area contributed by atoms with Crippen molar-refractivity contribution in [3.63, 3.8) is 0 Å². The Labute approximate surface area is 138 Å². The summed E-state index contributed by atoms with van der Waals surface area (Å²) >= 11 is 0. The summed E-state index contributed by atoms with van der Waals surface area (Å²) in [5.74, 6) is 1.85. The number of likely N-dealkylation sites (tertiary alicyclic amines) is 1. The third-order valence-corrected chi connectivity index (χ3v) is 5.47. The van der Waals surface area contributed by atoms with Gasteiger partial charge in [-0.15, -0.1) is 0 Å². The molecule has 2 fully saturated rings. The lowest BCUT2D eigenvalue weighted by Crippen LogP contribution is -2.65. The topological polar surface area (TPSA) is 70.5 Å². The first-order valence-corrected chi connectivity index (χ1v) is 8.54. The molecule has 2 unspecified atom stereocenters. The minimum atomic E-state index is -0.337. The van der Waals surface area contributed by atoms with Crippen LogP contribution in [0.25, 0.3) is 0 Å². The second kappa shape index (κ2) is 6.24. The van der Waals surface area contributed by atoms with Crippen LogP contribution < -0.4 is 10.1 Å². The Hall–Kier alpha value is -1.40. The summed E-state index contributed by atoms with van der Waals surface area (Å²) in [6.07, 6.45) is 3.00. The molecule has 2 heterocycles. The van der Waals surface area contributed by atoms with Gasteiger partial charge in [-0.3, -0.25) is 4.90 Å². The maximum atomic E-state index is 10.6. The highest BCUT2D eigenvalue weighted by molar-refractivity contribution is 5.39. The van der Waals surface area contributed by atoms with Gasteiger partial charge >= 0.3 is 0 Å². The van der Waals surface area contributed by atoms with Gasteiger partial charge in [-0.1, -0.05) is 20.8 Å². The Morgan fingerprint density at radius 2 is 2.22 bits per heavy atom. The molecule has 128 valence electrons. The SMILES string of the molecule is CCN1CC2(C[C@@H](O)[C@H](Nc3cc(OC)ncn3)C2)C1C(C)C. The molecule has 3 rings (SSSR count). The molecule has 6 heteroatoms. The van der Waals surface area contributed by atoms with Crippen molar-refractivity contribution in [3.8, 4) is 5.88 Å². The molecule has 1 saturated carbocycles. The van der Waals surface area contributed by atoms with Gasteiger partial charge in [0.15, 0.2) is 0 Å². The maximum absolute atomic E-state index is 10.6. The van der Waals surface area contributed by atoms with Crippen LogP contribution in [-0.4, -0.2) is 58.4 Å². The molecule has 4 atom stereocenters. The standard InChI is InChI=1S/C17H28N4O2/c1-5-21-9-17(16(21)11(2)3)7-12(13(22)8-17)20-14-6-15(23-4)19-10-18-14/h6,10-13,16,22H,5,7-9H2,1-4H3,(H,18,19,20)/t12-,13-,16?,17?/m1/s1. The number of methoxy groups -OCH3 is 1. The maximum Gasteiger partial charge on any atom is 0.218 e. The van der Waals surface area contributed by atoms with E-state index >= 15 is 0 Å². The Bertz CT molecular complexity index is 553. The summed E-state index contributed by atoms with van der Waals surface area (Å²) in [5, 5.41) is 14.0. The van der Waals surface area contributed by atoms with E-state index in [-0.39, 0.29) is 17.6 Å². The smallest absolute Gasteiger partial charge is 0.218 e. The van der Waals surface area contributed by atoms with Crippen molar-refractivity contribution >= 4 is 5.82 Å². The molecule has 1 aromatic rings. The average molecular weight is 320 g/mol. The third kappa shape index (κ3) is 2.90. The molecule has 1 spiro atoms. The number of aromatic nitrogens is 2. The molecule has 6 nitrogen and oxygen atoms in total. The van der Waals surface area contributed by atoms with Gasteiger partial charge in [0.05, 0.1) is 19.3 Å². The van der Waals surface area contributed by atoms with Crippen molar-refractivity contribution in [2.24, 2.45) is 11.3 Å². The summed E-state index contributed by atoms with van der Waals surface area (Å²) in [6, 6.07) is 2.38. The molecule has 0 radical (unpaired) electrons. The molecular weight excluding hydrogens is 292 g/mol. The molecular formula is C17H28N4O2. The van der Waals surface area contributed by atoms with Crippen LogP contribution in [0.1, 0.15) is 33.6 Å². The van der Waals surface area contributed by atoms with Crippen LogP contribution >= 0.6 is 0 Å². The molecule has 1 aromatic heterocycles. The first-order valence-electron chi connectivity index (χ1n) is 8.54. The lowest BCUT2D eigenvalue weighted by molar-refractivity contribution is -0.0961. The molecule has 23 heavy (non-hydrogen) atoms. The number of aliphatic hydroxyl groups is 1. The number of nitrogens with one attached hydrogen (secondary N) is 1. The van der Waals surface area contributed by atoms with Crippen LogP contribution in [0, 0.1) is 11.3 Å². The van der Waals surface area contributed by atoms with Crippen molar-refractivity contribution in [2.45, 2.75) is 51.8 Å². The van der Waals surface area contributed by atoms with Crippen molar-refractivity contribution in [2.75, 3.05) is 25.5 Å². The van der Waals surface area contributed by atoms with Crippen molar-refractivity contribution in [3.05, 3.63) is 12.4 Å². The monoisotopic (exact) mass is 320 g/mol. The van der Waals surface area contributed by atoms with E-state index in [4.69, 9.17) is 4.74 Å². The number of anilines is 1. The minimum Gasteiger partial charge on any atom is -0.481 e. The van der Waals surface area contributed by atoms with Crippen LogP contribution in [0.3, 0.4) is 0 Å². The largest absolute Gasteiger partial charge is 0.481 e. The average Bonchev–Trinajstić information content (AvgIpc) is 2.83. The van der Waals surface area contributed by atoms with Gasteiger partial charge in [-0.2, -0.15) is 0 Å². The molecule has 1 aliphatic heterocycles. The van der Waals surface area contributed by atoms with E-state index in [1.807, 2.05) is 0 Å². The van der Waals surface area contributed by atoms with Gasteiger partial charge in [0.1, 0.15) is 12.1 Å². The molecule has 1 saturated heterocycles. The molecule has 0 amide bonds. The van der Waals surface area contributed by atoms with Crippen molar-refractivity contribution < 1.29 is 9.84 Å². The van der Waals surface area contributed by atoms with Gasteiger partial charge in [-0.05, 0) is 25.3 Å². The Balaban J connectivity index is 1.71. The van der Waals surface area contributed by atoms with Gasteiger partial charge in [-0.25, -0.2) is 9.97 Å². The summed E-state index contributed by atoms with van der Waals surface area (Å²) in [5.41, 5.74) is 0.235. The second-order valence-electron chi connectivity index (χ2n) is 7.29. The number of hydrogen-bond acceptors (Lipinski definition) is 6. The van der Waals surface area contributed by atoms with Gasteiger partial charge in [0.25, 0.3) is 0 Å². The fraction of sp³-hybridized carbons (Fsp3) is 0.765. The van der Waals surface area contributed by atoms with Crippen LogP contribution in [0.2, 0.25) is 0 Å². The summed E-state index contributed by atoms with van der Waals surface area (Å²) in [6.45, 7) is 8.97. The zero-order valence-electron chi connectivity index (χ0n) is 14.5. The summed E-state index contributed by atoms with van der Waals surface area (Å²) < 4.78 is 5.14. The van der Waals surface area contributed by atoms with Crippen LogP contribution in [0.15, 0.2) is 12.4 Å². The quantitative estimate of drug-likeness (QED) is 0.861. The van der Waals surface area contributed by atoms with E-state index in [1.165, 1.54) is 6.33 Å². The number of rotatable bonds is 5. The fourth-order valence-corrected chi connectivity index (χ4v) is 4.76. The third-order valence-electron chi connectivity index (χ3n) is 5.47. The number of nitrogens with zero attached hydrogens (tertiary/aromatic N) is 3. The van der Waals surface area contributed by atoms with E-state index in [1.54, 1.807) is 13.2 Å². The van der Waals surface area contributed by atoms with Crippen molar-refractivity contribution in [1.82, 2.24) is 14.9 Å². The predicted octanol–water partition coefficient (Wildman–Crippen LogP) is 1.77. The van der Waals surface area contributed by atoms with Crippen LogP contribution in [0.4, 0.5) is 5.82 Å². The van der Waals surface area contributed by atoms with E-state index < -0.39 is 0 Å². The second-order valence-corrected chi connectivity index (χ2v) is 7.29. The normalized spacial score (nSPS) is 33.9. The van der Waals surface area contributed by atoms with Gasteiger partial charge in [0.2, 0.25) is 5.88 Å². The highest BCUT2D eigenvalue weighted by Gasteiger charge is 2.58. The highest BCUT2D eigenvalue weighted by atomic mass is 16.5. The minimum absolute atomic E-state index is 0.0369. The zero-order chi connectivity index (χ0) is 16.6. The first-order chi connectivity index (χ1) is 11.0. The zero-order valence-corrected chi connectivity index (χ0v) is 14.5. The Kier molecular flexibility index (Phi) is 4.47. The van der Waals surface area contributed by atoms with Crippen molar-refractivity contribution in [1.29, 1.82) is 0 Å². The molecule has 2 aliphatic rings.